The number of H-pyrrole nitrogens is 1. The second-order valence-electron chi connectivity index (χ2n) is 9.35. The van der Waals surface area contributed by atoms with E-state index in [0.717, 1.165) is 48.7 Å². The van der Waals surface area contributed by atoms with Gasteiger partial charge in [-0.1, -0.05) is 18.9 Å². The summed E-state index contributed by atoms with van der Waals surface area (Å²) in [5.41, 5.74) is 4.04. The molecule has 3 heterocycles. The van der Waals surface area contributed by atoms with Crippen molar-refractivity contribution < 1.29 is 4.79 Å². The van der Waals surface area contributed by atoms with Crippen molar-refractivity contribution in [3.63, 3.8) is 0 Å². The number of hydrogen-bond donors (Lipinski definition) is 1. The molecule has 1 saturated carbocycles. The van der Waals surface area contributed by atoms with Crippen LogP contribution in [0.4, 0.5) is 0 Å². The van der Waals surface area contributed by atoms with Gasteiger partial charge in [0.05, 0.1) is 0 Å². The molecule has 1 N–H and O–H groups in total. The van der Waals surface area contributed by atoms with Crippen LogP contribution in [0.25, 0.3) is 0 Å². The predicted octanol–water partition coefficient (Wildman–Crippen LogP) is 3.59. The second-order valence-corrected chi connectivity index (χ2v) is 9.35. The molecule has 0 spiro atoms. The van der Waals surface area contributed by atoms with E-state index in [1.165, 1.54) is 51.6 Å². The Balaban J connectivity index is 1.28. The van der Waals surface area contributed by atoms with Gasteiger partial charge in [-0.2, -0.15) is 5.10 Å². The summed E-state index contributed by atoms with van der Waals surface area (Å²) in [5.74, 6) is 0.645. The fourth-order valence-electron chi connectivity index (χ4n) is 5.66. The minimum atomic E-state index is 0.0801. The van der Waals surface area contributed by atoms with Gasteiger partial charge >= 0.3 is 0 Å². The van der Waals surface area contributed by atoms with Crippen molar-refractivity contribution in [2.75, 3.05) is 19.6 Å². The quantitative estimate of drug-likeness (QED) is 0.795. The average molecular weight is 408 g/mol. The van der Waals surface area contributed by atoms with E-state index in [1.54, 1.807) is 6.20 Å². The Morgan fingerprint density at radius 2 is 1.97 bits per heavy atom. The summed E-state index contributed by atoms with van der Waals surface area (Å²) < 4.78 is 0. The summed E-state index contributed by atoms with van der Waals surface area (Å²) in [6.45, 7) is 3.79. The van der Waals surface area contributed by atoms with Crippen molar-refractivity contribution in [1.29, 1.82) is 0 Å². The van der Waals surface area contributed by atoms with E-state index in [1.807, 2.05) is 17.2 Å². The fourth-order valence-corrected chi connectivity index (χ4v) is 5.66. The molecule has 2 aliphatic carbocycles. The minimum Gasteiger partial charge on any atom is -0.333 e. The fraction of sp³-hybridized carbons (Fsp3) is 0.625. The maximum Gasteiger partial charge on any atom is 0.274 e. The maximum absolute atomic E-state index is 13.5. The van der Waals surface area contributed by atoms with Crippen molar-refractivity contribution in [2.24, 2.45) is 5.92 Å². The van der Waals surface area contributed by atoms with Crippen LogP contribution in [0.2, 0.25) is 0 Å². The van der Waals surface area contributed by atoms with Crippen molar-refractivity contribution in [3.05, 3.63) is 47.0 Å². The highest BCUT2D eigenvalue weighted by Gasteiger charge is 2.31. The lowest BCUT2D eigenvalue weighted by atomic mass is 9.94. The maximum atomic E-state index is 13.5. The number of nitrogens with zero attached hydrogens (tertiary/aromatic N) is 4. The van der Waals surface area contributed by atoms with E-state index in [4.69, 9.17) is 0 Å². The van der Waals surface area contributed by atoms with Crippen LogP contribution in [0.3, 0.4) is 0 Å². The number of hydrogen-bond acceptors (Lipinski definition) is 4. The highest BCUT2D eigenvalue weighted by Crippen LogP contribution is 2.29. The molecule has 2 fully saturated rings. The molecule has 1 aliphatic heterocycles. The molecule has 2 aromatic heterocycles. The molecule has 0 radical (unpaired) electrons. The van der Waals surface area contributed by atoms with Gasteiger partial charge in [0.1, 0.15) is 0 Å². The number of carbonyl (C=O) groups is 1. The van der Waals surface area contributed by atoms with E-state index in [0.29, 0.717) is 18.2 Å². The first-order valence-electron chi connectivity index (χ1n) is 11.8. The van der Waals surface area contributed by atoms with Crippen LogP contribution in [0.1, 0.15) is 72.3 Å². The van der Waals surface area contributed by atoms with Crippen LogP contribution in [0.5, 0.6) is 0 Å². The van der Waals surface area contributed by atoms with Gasteiger partial charge in [0.25, 0.3) is 5.91 Å². The molecular weight excluding hydrogens is 374 g/mol. The lowest BCUT2D eigenvalue weighted by Gasteiger charge is -2.37. The topological polar surface area (TPSA) is 65.1 Å². The van der Waals surface area contributed by atoms with Gasteiger partial charge in [0, 0.05) is 42.8 Å². The lowest BCUT2D eigenvalue weighted by molar-refractivity contribution is 0.0643. The van der Waals surface area contributed by atoms with Crippen molar-refractivity contribution in [1.82, 2.24) is 25.0 Å². The molecule has 1 amide bonds. The lowest BCUT2D eigenvalue weighted by Crippen LogP contribution is -2.43. The van der Waals surface area contributed by atoms with Crippen LogP contribution in [-0.2, 0) is 19.4 Å². The number of rotatable bonds is 6. The normalized spacial score (nSPS) is 20.5. The first-order chi connectivity index (χ1) is 14.8. The Bertz CT molecular complexity index is 850. The molecule has 30 heavy (non-hydrogen) atoms. The Morgan fingerprint density at radius 1 is 1.13 bits per heavy atom. The number of piperidine rings is 1. The third-order valence-electron chi connectivity index (χ3n) is 7.36. The first kappa shape index (κ1) is 19.7. The van der Waals surface area contributed by atoms with E-state index >= 15 is 0 Å². The largest absolute Gasteiger partial charge is 0.333 e. The molecule has 1 saturated heterocycles. The molecule has 6 heteroatoms. The average Bonchev–Trinajstić information content (AvgIpc) is 3.52. The molecule has 0 atom stereocenters. The number of carbonyl (C=O) groups excluding carboxylic acids is 1. The highest BCUT2D eigenvalue weighted by molar-refractivity contribution is 5.94. The third-order valence-corrected chi connectivity index (χ3v) is 7.36. The molecule has 3 aliphatic rings. The molecule has 5 rings (SSSR count). The molecule has 2 aromatic rings. The van der Waals surface area contributed by atoms with Gasteiger partial charge in [-0.3, -0.25) is 14.9 Å². The summed E-state index contributed by atoms with van der Waals surface area (Å²) in [6, 6.07) is 4.82. The molecule has 6 nitrogen and oxygen atoms in total. The van der Waals surface area contributed by atoms with Crippen LogP contribution >= 0.6 is 0 Å². The van der Waals surface area contributed by atoms with Gasteiger partial charge in [-0.15, -0.1) is 0 Å². The third kappa shape index (κ3) is 4.15. The van der Waals surface area contributed by atoms with Crippen LogP contribution < -0.4 is 0 Å². The predicted molar refractivity (Wildman–Crippen MR) is 116 cm³/mol. The SMILES string of the molecule is O=C(c1n[nH]c2c1CCC2)N(Cc1cccnc1)CC1CCN(C2CCCC2)CC1. The molecular formula is C24H33N5O. The van der Waals surface area contributed by atoms with Gasteiger partial charge in [-0.05, 0) is 75.6 Å². The summed E-state index contributed by atoms with van der Waals surface area (Å²) in [7, 11) is 0. The number of aromatic nitrogens is 3. The zero-order valence-corrected chi connectivity index (χ0v) is 17.9. The summed E-state index contributed by atoms with van der Waals surface area (Å²) >= 11 is 0. The van der Waals surface area contributed by atoms with Crippen molar-refractivity contribution in [3.8, 4) is 0 Å². The number of amides is 1. The Morgan fingerprint density at radius 3 is 2.73 bits per heavy atom. The first-order valence-corrected chi connectivity index (χ1v) is 11.8. The summed E-state index contributed by atoms with van der Waals surface area (Å²) in [4.78, 5) is 22.5. The number of nitrogens with one attached hydrogen (secondary N) is 1. The second kappa shape index (κ2) is 8.88. The Hall–Kier alpha value is -2.21. The monoisotopic (exact) mass is 407 g/mol. The summed E-state index contributed by atoms with van der Waals surface area (Å²) in [6.07, 6.45) is 14.7. The standard InChI is InChI=1S/C24H33N5O/c30-24(23-21-8-3-9-22(21)26-27-23)29(17-19-5-4-12-25-15-19)16-18-10-13-28(14-11-18)20-6-1-2-7-20/h4-5,12,15,18,20H,1-3,6-11,13-14,16-17H2,(H,26,27). The van der Waals surface area contributed by atoms with Gasteiger partial charge in [0.2, 0.25) is 0 Å². The number of aromatic amines is 1. The van der Waals surface area contributed by atoms with Crippen LogP contribution in [0.15, 0.2) is 24.5 Å². The smallest absolute Gasteiger partial charge is 0.274 e. The number of likely N-dealkylation sites (tertiary alicyclic amines) is 1. The van der Waals surface area contributed by atoms with E-state index < -0.39 is 0 Å². The zero-order chi connectivity index (χ0) is 20.3. The van der Waals surface area contributed by atoms with Gasteiger partial charge in [0.15, 0.2) is 5.69 Å². The molecule has 0 aromatic carbocycles. The number of pyridine rings is 1. The summed E-state index contributed by atoms with van der Waals surface area (Å²) in [5, 5.41) is 7.53. The minimum absolute atomic E-state index is 0.0801. The van der Waals surface area contributed by atoms with Gasteiger partial charge in [-0.25, -0.2) is 0 Å². The van der Waals surface area contributed by atoms with Crippen LogP contribution in [-0.4, -0.2) is 56.6 Å². The zero-order valence-electron chi connectivity index (χ0n) is 17.9. The van der Waals surface area contributed by atoms with Gasteiger partial charge < -0.3 is 9.80 Å². The number of aryl methyl sites for hydroxylation is 1. The van der Waals surface area contributed by atoms with Crippen molar-refractivity contribution in [2.45, 2.75) is 70.4 Å². The molecule has 0 unspecified atom stereocenters. The molecule has 0 bridgehead atoms. The highest BCUT2D eigenvalue weighted by atomic mass is 16.2. The van der Waals surface area contributed by atoms with E-state index in [2.05, 4.69) is 26.1 Å². The van der Waals surface area contributed by atoms with Crippen LogP contribution in [0, 0.1) is 5.92 Å². The van der Waals surface area contributed by atoms with Crippen molar-refractivity contribution >= 4 is 5.91 Å². The Kier molecular flexibility index (Phi) is 5.84. The van der Waals surface area contributed by atoms with E-state index in [-0.39, 0.29) is 5.91 Å². The number of fused-ring (bicyclic) bond motifs is 1. The van der Waals surface area contributed by atoms with E-state index in [9.17, 15) is 4.79 Å². The Labute approximate surface area is 179 Å². The molecule has 160 valence electrons.